The molecule has 1 amide bonds. The van der Waals surface area contributed by atoms with Crippen LogP contribution < -0.4 is 5.32 Å². The lowest BCUT2D eigenvalue weighted by molar-refractivity contribution is 0.0910. The van der Waals surface area contributed by atoms with Gasteiger partial charge in [-0.05, 0) is 38.3 Å². The first-order chi connectivity index (χ1) is 8.37. The number of aryl methyl sites for hydroxylation is 1. The second-order valence-electron chi connectivity index (χ2n) is 5.22. The number of rotatable bonds is 2. The maximum atomic E-state index is 12.1. The highest BCUT2D eigenvalue weighted by molar-refractivity contribution is 7.13. The molecule has 96 valence electrons. The summed E-state index contributed by atoms with van der Waals surface area (Å²) in [6, 6.07) is 5.80. The lowest BCUT2D eigenvalue weighted by Crippen LogP contribution is -2.41. The molecule has 0 radical (unpaired) electrons. The summed E-state index contributed by atoms with van der Waals surface area (Å²) in [6.45, 7) is 5.88. The maximum absolute atomic E-state index is 12.1. The number of nitrogens with one attached hydrogen (secondary N) is 1. The van der Waals surface area contributed by atoms with Crippen molar-refractivity contribution in [3.05, 3.63) is 29.3 Å². The largest absolute Gasteiger partial charge is 0.346 e. The van der Waals surface area contributed by atoms with Crippen molar-refractivity contribution in [1.29, 1.82) is 0 Å². The molecule has 0 saturated heterocycles. The van der Waals surface area contributed by atoms with E-state index in [9.17, 15) is 4.79 Å². The van der Waals surface area contributed by atoms with E-state index in [4.69, 9.17) is 0 Å². The van der Waals surface area contributed by atoms with E-state index in [2.05, 4.69) is 10.4 Å². The highest BCUT2D eigenvalue weighted by Crippen LogP contribution is 2.23. The van der Waals surface area contributed by atoms with Gasteiger partial charge in [-0.15, -0.1) is 11.3 Å². The smallest absolute Gasteiger partial charge is 0.269 e. The molecule has 18 heavy (non-hydrogen) atoms. The third-order valence-electron chi connectivity index (χ3n) is 2.37. The summed E-state index contributed by atoms with van der Waals surface area (Å²) in [5, 5.41) is 9.31. The van der Waals surface area contributed by atoms with Crippen LogP contribution >= 0.6 is 11.3 Å². The molecule has 0 aliphatic heterocycles. The van der Waals surface area contributed by atoms with Gasteiger partial charge in [0.05, 0.1) is 4.88 Å². The van der Waals surface area contributed by atoms with Crippen LogP contribution in [0.25, 0.3) is 10.6 Å². The van der Waals surface area contributed by atoms with Crippen LogP contribution in [0, 0.1) is 0 Å². The maximum Gasteiger partial charge on any atom is 0.269 e. The van der Waals surface area contributed by atoms with Crippen LogP contribution in [-0.2, 0) is 7.05 Å². The van der Waals surface area contributed by atoms with Crippen LogP contribution in [0.15, 0.2) is 23.6 Å². The van der Waals surface area contributed by atoms with E-state index in [0.29, 0.717) is 5.69 Å². The highest BCUT2D eigenvalue weighted by Gasteiger charge is 2.19. The quantitative estimate of drug-likeness (QED) is 0.905. The molecule has 0 atom stereocenters. The normalized spacial score (nSPS) is 11.6. The Hall–Kier alpha value is -1.62. The van der Waals surface area contributed by atoms with Gasteiger partial charge in [0.1, 0.15) is 11.4 Å². The van der Waals surface area contributed by atoms with Gasteiger partial charge in [0.25, 0.3) is 5.91 Å². The Labute approximate surface area is 111 Å². The van der Waals surface area contributed by atoms with E-state index >= 15 is 0 Å². The minimum absolute atomic E-state index is 0.0969. The molecule has 0 unspecified atom stereocenters. The van der Waals surface area contributed by atoms with Gasteiger partial charge in [-0.1, -0.05) is 6.07 Å². The molecule has 2 aromatic rings. The van der Waals surface area contributed by atoms with E-state index in [1.54, 1.807) is 23.1 Å². The van der Waals surface area contributed by atoms with Crippen LogP contribution in [-0.4, -0.2) is 21.2 Å². The monoisotopic (exact) mass is 263 g/mol. The predicted molar refractivity (Wildman–Crippen MR) is 73.7 cm³/mol. The molecular formula is C13H17N3OS. The first-order valence-electron chi connectivity index (χ1n) is 5.77. The molecule has 0 aromatic carbocycles. The number of nitrogens with zero attached hydrogens (tertiary/aromatic N) is 2. The van der Waals surface area contributed by atoms with Crippen molar-refractivity contribution in [3.8, 4) is 10.6 Å². The topological polar surface area (TPSA) is 46.9 Å². The number of carbonyl (C=O) groups excluding carboxylic acids is 1. The zero-order valence-electron chi connectivity index (χ0n) is 11.0. The summed E-state index contributed by atoms with van der Waals surface area (Å²) in [5.74, 6) is -0.0969. The number of amides is 1. The zero-order valence-corrected chi connectivity index (χ0v) is 11.8. The first-order valence-corrected chi connectivity index (χ1v) is 6.65. The van der Waals surface area contributed by atoms with Gasteiger partial charge in [0.15, 0.2) is 0 Å². The minimum atomic E-state index is -0.246. The summed E-state index contributed by atoms with van der Waals surface area (Å²) in [5.41, 5.74) is 1.17. The van der Waals surface area contributed by atoms with E-state index < -0.39 is 0 Å². The summed E-state index contributed by atoms with van der Waals surface area (Å²) < 4.78 is 1.62. The van der Waals surface area contributed by atoms with Crippen LogP contribution in [0.1, 0.15) is 31.3 Å². The fraction of sp³-hybridized carbons (Fsp3) is 0.385. The van der Waals surface area contributed by atoms with Crippen molar-refractivity contribution >= 4 is 17.2 Å². The lowest BCUT2D eigenvalue weighted by Gasteiger charge is -2.20. The number of thiophene rings is 1. The molecule has 0 spiro atoms. The van der Waals surface area contributed by atoms with E-state index in [0.717, 1.165) is 10.6 Å². The molecule has 0 bridgehead atoms. The number of hydrogen-bond acceptors (Lipinski definition) is 3. The summed E-state index contributed by atoms with van der Waals surface area (Å²) >= 11 is 1.62. The molecule has 5 heteroatoms. The van der Waals surface area contributed by atoms with Gasteiger partial charge < -0.3 is 5.32 Å². The lowest BCUT2D eigenvalue weighted by atomic mass is 10.1. The molecule has 0 aliphatic rings. The zero-order chi connectivity index (χ0) is 13.3. The van der Waals surface area contributed by atoms with Crippen molar-refractivity contribution in [1.82, 2.24) is 15.1 Å². The van der Waals surface area contributed by atoms with Gasteiger partial charge in [-0.3, -0.25) is 9.48 Å². The highest BCUT2D eigenvalue weighted by atomic mass is 32.1. The van der Waals surface area contributed by atoms with Crippen molar-refractivity contribution < 1.29 is 4.79 Å². The molecule has 4 nitrogen and oxygen atoms in total. The Morgan fingerprint density at radius 2 is 2.17 bits per heavy atom. The van der Waals surface area contributed by atoms with Gasteiger partial charge in [0, 0.05) is 12.6 Å². The van der Waals surface area contributed by atoms with Crippen LogP contribution in [0.4, 0.5) is 0 Å². The Kier molecular flexibility index (Phi) is 3.26. The minimum Gasteiger partial charge on any atom is -0.346 e. The standard InChI is InChI=1S/C13H17N3OS/c1-13(2,3)14-12(17)10-8-9(15-16(10)4)11-6-5-7-18-11/h5-8H,1-4H3,(H,14,17). The summed E-state index contributed by atoms with van der Waals surface area (Å²) in [7, 11) is 1.79. The van der Waals surface area contributed by atoms with E-state index in [1.165, 1.54) is 0 Å². The molecule has 0 aliphatic carbocycles. The Bertz CT molecular complexity index is 549. The molecule has 0 fully saturated rings. The number of carbonyl (C=O) groups is 1. The average molecular weight is 263 g/mol. The van der Waals surface area contributed by atoms with E-state index in [-0.39, 0.29) is 11.4 Å². The average Bonchev–Trinajstić information content (AvgIpc) is 2.82. The van der Waals surface area contributed by atoms with Gasteiger partial charge in [-0.2, -0.15) is 5.10 Å². The molecule has 1 N–H and O–H groups in total. The van der Waals surface area contributed by atoms with Crippen molar-refractivity contribution in [2.75, 3.05) is 0 Å². The fourth-order valence-corrected chi connectivity index (χ4v) is 2.31. The SMILES string of the molecule is Cn1nc(-c2cccs2)cc1C(=O)NC(C)(C)C. The number of aromatic nitrogens is 2. The molecule has 2 aromatic heterocycles. The van der Waals surface area contributed by atoms with Gasteiger partial charge in [-0.25, -0.2) is 0 Å². The summed E-state index contributed by atoms with van der Waals surface area (Å²) in [6.07, 6.45) is 0. The van der Waals surface area contributed by atoms with Gasteiger partial charge in [0.2, 0.25) is 0 Å². The second-order valence-corrected chi connectivity index (χ2v) is 6.17. The Morgan fingerprint density at radius 3 is 2.72 bits per heavy atom. The van der Waals surface area contributed by atoms with Crippen molar-refractivity contribution in [2.24, 2.45) is 7.05 Å². The molecular weight excluding hydrogens is 246 g/mol. The van der Waals surface area contributed by atoms with Crippen molar-refractivity contribution in [2.45, 2.75) is 26.3 Å². The number of hydrogen-bond donors (Lipinski definition) is 1. The van der Waals surface area contributed by atoms with Crippen molar-refractivity contribution in [3.63, 3.8) is 0 Å². The van der Waals surface area contributed by atoms with Crippen LogP contribution in [0.5, 0.6) is 0 Å². The predicted octanol–water partition coefficient (Wildman–Crippen LogP) is 2.68. The molecule has 2 heterocycles. The third kappa shape index (κ3) is 2.79. The molecule has 2 rings (SSSR count). The first kappa shape index (κ1) is 12.8. The van der Waals surface area contributed by atoms with E-state index in [1.807, 2.05) is 44.4 Å². The second kappa shape index (κ2) is 4.57. The molecule has 0 saturated carbocycles. The Balaban J connectivity index is 2.27. The fourth-order valence-electron chi connectivity index (χ4n) is 1.63. The Morgan fingerprint density at radius 1 is 1.44 bits per heavy atom. The van der Waals surface area contributed by atoms with Crippen LogP contribution in [0.2, 0.25) is 0 Å². The van der Waals surface area contributed by atoms with Gasteiger partial charge >= 0.3 is 0 Å². The summed E-state index contributed by atoms with van der Waals surface area (Å²) in [4.78, 5) is 13.2. The van der Waals surface area contributed by atoms with Crippen LogP contribution in [0.3, 0.4) is 0 Å². The third-order valence-corrected chi connectivity index (χ3v) is 3.27.